The average Bonchev–Trinajstić information content (AvgIpc) is 2.41. The van der Waals surface area contributed by atoms with Crippen molar-refractivity contribution in [3.63, 3.8) is 0 Å². The van der Waals surface area contributed by atoms with Crippen molar-refractivity contribution in [3.8, 4) is 0 Å². The first-order chi connectivity index (χ1) is 8.81. The van der Waals surface area contributed by atoms with Crippen LogP contribution in [0.5, 0.6) is 0 Å². The van der Waals surface area contributed by atoms with Gasteiger partial charge in [-0.3, -0.25) is 4.90 Å². The molecule has 1 aliphatic rings. The Hall–Kier alpha value is -0.160. The summed E-state index contributed by atoms with van der Waals surface area (Å²) in [5.41, 5.74) is 5.61. The van der Waals surface area contributed by atoms with Gasteiger partial charge in [0.25, 0.3) is 0 Å². The first-order valence-corrected chi connectivity index (χ1v) is 7.36. The van der Waals surface area contributed by atoms with Crippen molar-refractivity contribution in [2.45, 2.75) is 51.2 Å². The van der Waals surface area contributed by atoms with E-state index in [1.807, 2.05) is 0 Å². The largest absolute Gasteiger partial charge is 0.383 e. The van der Waals surface area contributed by atoms with E-state index >= 15 is 0 Å². The van der Waals surface area contributed by atoms with Crippen molar-refractivity contribution in [2.24, 2.45) is 5.73 Å². The third-order valence-corrected chi connectivity index (χ3v) is 3.58. The molecule has 1 saturated heterocycles. The zero-order valence-electron chi connectivity index (χ0n) is 12.1. The Morgan fingerprint density at radius 2 is 2.28 bits per heavy atom. The van der Waals surface area contributed by atoms with Gasteiger partial charge in [0.15, 0.2) is 0 Å². The molecule has 0 aliphatic carbocycles. The SMILES string of the molecule is CCCOC1CCCN(C(CCCN)COC)C1. The van der Waals surface area contributed by atoms with Gasteiger partial charge >= 0.3 is 0 Å². The van der Waals surface area contributed by atoms with Gasteiger partial charge in [-0.2, -0.15) is 0 Å². The monoisotopic (exact) mass is 258 g/mol. The second-order valence-corrected chi connectivity index (χ2v) is 5.17. The molecule has 2 N–H and O–H groups in total. The Labute approximate surface area is 112 Å². The van der Waals surface area contributed by atoms with E-state index in [1.54, 1.807) is 7.11 Å². The number of methoxy groups -OCH3 is 1. The molecule has 0 aromatic heterocycles. The van der Waals surface area contributed by atoms with Gasteiger partial charge in [-0.25, -0.2) is 0 Å². The lowest BCUT2D eigenvalue weighted by Gasteiger charge is -2.38. The Kier molecular flexibility index (Phi) is 8.59. The van der Waals surface area contributed by atoms with E-state index < -0.39 is 0 Å². The number of piperidine rings is 1. The number of nitrogens with two attached hydrogens (primary N) is 1. The summed E-state index contributed by atoms with van der Waals surface area (Å²) in [6, 6.07) is 0.506. The molecule has 0 aromatic carbocycles. The van der Waals surface area contributed by atoms with Crippen LogP contribution in [0.1, 0.15) is 39.0 Å². The molecule has 0 radical (unpaired) electrons. The molecule has 0 spiro atoms. The maximum absolute atomic E-state index is 5.89. The third-order valence-electron chi connectivity index (χ3n) is 3.58. The summed E-state index contributed by atoms with van der Waals surface area (Å²) in [5, 5.41) is 0. The summed E-state index contributed by atoms with van der Waals surface area (Å²) in [7, 11) is 1.78. The zero-order valence-corrected chi connectivity index (χ0v) is 12.1. The minimum absolute atomic E-state index is 0.413. The highest BCUT2D eigenvalue weighted by atomic mass is 16.5. The summed E-state index contributed by atoms with van der Waals surface area (Å²) >= 11 is 0. The van der Waals surface area contributed by atoms with Gasteiger partial charge in [-0.15, -0.1) is 0 Å². The minimum Gasteiger partial charge on any atom is -0.383 e. The van der Waals surface area contributed by atoms with Gasteiger partial charge in [0.2, 0.25) is 0 Å². The minimum atomic E-state index is 0.413. The molecule has 2 atom stereocenters. The molecule has 4 heteroatoms. The fourth-order valence-corrected chi connectivity index (χ4v) is 2.64. The van der Waals surface area contributed by atoms with Crippen LogP contribution in [-0.4, -0.2) is 57.0 Å². The van der Waals surface area contributed by atoms with Crippen LogP contribution in [0.25, 0.3) is 0 Å². The van der Waals surface area contributed by atoms with Crippen molar-refractivity contribution in [1.82, 2.24) is 4.90 Å². The molecule has 108 valence electrons. The Balaban J connectivity index is 2.39. The fraction of sp³-hybridized carbons (Fsp3) is 1.00. The molecule has 4 nitrogen and oxygen atoms in total. The molecule has 1 rings (SSSR count). The normalized spacial score (nSPS) is 23.2. The Bertz CT molecular complexity index is 202. The lowest BCUT2D eigenvalue weighted by Crippen LogP contribution is -2.47. The molecule has 0 aromatic rings. The first-order valence-electron chi connectivity index (χ1n) is 7.36. The molecule has 1 fully saturated rings. The molecule has 18 heavy (non-hydrogen) atoms. The van der Waals surface area contributed by atoms with Crippen LogP contribution in [0.3, 0.4) is 0 Å². The van der Waals surface area contributed by atoms with Gasteiger partial charge < -0.3 is 15.2 Å². The maximum atomic E-state index is 5.89. The lowest BCUT2D eigenvalue weighted by molar-refractivity contribution is -0.0252. The van der Waals surface area contributed by atoms with Crippen LogP contribution in [-0.2, 0) is 9.47 Å². The molecule has 0 bridgehead atoms. The Morgan fingerprint density at radius 1 is 1.44 bits per heavy atom. The molecular formula is C14H30N2O2. The topological polar surface area (TPSA) is 47.7 Å². The van der Waals surface area contributed by atoms with Crippen LogP contribution < -0.4 is 5.73 Å². The number of hydrogen-bond donors (Lipinski definition) is 1. The molecule has 0 amide bonds. The lowest BCUT2D eigenvalue weighted by atomic mass is 10.0. The smallest absolute Gasteiger partial charge is 0.0702 e. The quantitative estimate of drug-likeness (QED) is 0.683. The molecule has 2 unspecified atom stereocenters. The van der Waals surface area contributed by atoms with Gasteiger partial charge in [-0.05, 0) is 45.2 Å². The third kappa shape index (κ3) is 5.65. The number of nitrogens with zero attached hydrogens (tertiary/aromatic N) is 1. The van der Waals surface area contributed by atoms with Crippen molar-refractivity contribution < 1.29 is 9.47 Å². The van der Waals surface area contributed by atoms with E-state index in [-0.39, 0.29) is 0 Å². The molecular weight excluding hydrogens is 228 g/mol. The highest BCUT2D eigenvalue weighted by Crippen LogP contribution is 2.18. The summed E-state index contributed by atoms with van der Waals surface area (Å²) in [6.07, 6.45) is 6.15. The number of likely N-dealkylation sites (tertiary alicyclic amines) is 1. The predicted octanol–water partition coefficient (Wildman–Crippen LogP) is 1.63. The first kappa shape index (κ1) is 15.9. The summed E-state index contributed by atoms with van der Waals surface area (Å²) in [4.78, 5) is 2.53. The van der Waals surface area contributed by atoms with Crippen LogP contribution >= 0.6 is 0 Å². The molecule has 1 heterocycles. The van der Waals surface area contributed by atoms with E-state index in [1.165, 1.54) is 19.4 Å². The molecule has 0 saturated carbocycles. The second kappa shape index (κ2) is 9.73. The van der Waals surface area contributed by atoms with E-state index in [9.17, 15) is 0 Å². The van der Waals surface area contributed by atoms with Crippen LogP contribution in [0.2, 0.25) is 0 Å². The van der Waals surface area contributed by atoms with Crippen molar-refractivity contribution in [1.29, 1.82) is 0 Å². The Morgan fingerprint density at radius 3 is 2.94 bits per heavy atom. The summed E-state index contributed by atoms with van der Waals surface area (Å²) < 4.78 is 11.2. The van der Waals surface area contributed by atoms with Crippen LogP contribution in [0, 0.1) is 0 Å². The highest BCUT2D eigenvalue weighted by molar-refractivity contribution is 4.80. The summed E-state index contributed by atoms with van der Waals surface area (Å²) in [5.74, 6) is 0. The fourth-order valence-electron chi connectivity index (χ4n) is 2.64. The van der Waals surface area contributed by atoms with E-state index in [0.29, 0.717) is 12.1 Å². The number of hydrogen-bond acceptors (Lipinski definition) is 4. The van der Waals surface area contributed by atoms with E-state index in [4.69, 9.17) is 15.2 Å². The van der Waals surface area contributed by atoms with Crippen molar-refractivity contribution in [3.05, 3.63) is 0 Å². The standard InChI is InChI=1S/C14H30N2O2/c1-3-10-18-14-7-5-9-16(11-14)13(12-17-2)6-4-8-15/h13-14H,3-12,15H2,1-2H3. The maximum Gasteiger partial charge on any atom is 0.0702 e. The second-order valence-electron chi connectivity index (χ2n) is 5.17. The van der Waals surface area contributed by atoms with Crippen LogP contribution in [0.15, 0.2) is 0 Å². The highest BCUT2D eigenvalue weighted by Gasteiger charge is 2.25. The summed E-state index contributed by atoms with van der Waals surface area (Å²) in [6.45, 7) is 6.85. The van der Waals surface area contributed by atoms with E-state index in [0.717, 1.165) is 45.6 Å². The predicted molar refractivity (Wildman–Crippen MR) is 74.8 cm³/mol. The average molecular weight is 258 g/mol. The van der Waals surface area contributed by atoms with Crippen molar-refractivity contribution >= 4 is 0 Å². The van der Waals surface area contributed by atoms with E-state index in [2.05, 4.69) is 11.8 Å². The number of ether oxygens (including phenoxy) is 2. The molecule has 1 aliphatic heterocycles. The van der Waals surface area contributed by atoms with Gasteiger partial charge in [-0.1, -0.05) is 6.92 Å². The van der Waals surface area contributed by atoms with Gasteiger partial charge in [0.1, 0.15) is 0 Å². The van der Waals surface area contributed by atoms with Gasteiger partial charge in [0, 0.05) is 26.3 Å². The van der Waals surface area contributed by atoms with Gasteiger partial charge in [0.05, 0.1) is 12.7 Å². The number of rotatable bonds is 9. The van der Waals surface area contributed by atoms with Crippen LogP contribution in [0.4, 0.5) is 0 Å². The zero-order chi connectivity index (χ0) is 13.2. The van der Waals surface area contributed by atoms with Crippen molar-refractivity contribution in [2.75, 3.05) is 40.0 Å².